The van der Waals surface area contributed by atoms with E-state index >= 15 is 0 Å². The van der Waals surface area contributed by atoms with E-state index in [1.54, 1.807) is 15.3 Å². The topological polar surface area (TPSA) is 12.0 Å². The summed E-state index contributed by atoms with van der Waals surface area (Å²) in [7, 11) is 0. The highest BCUT2D eigenvalue weighted by Crippen LogP contribution is 2.44. The van der Waals surface area contributed by atoms with Gasteiger partial charge in [0.1, 0.15) is 0 Å². The third-order valence-corrected chi connectivity index (χ3v) is 5.35. The Morgan fingerprint density at radius 3 is 2.88 bits per heavy atom. The first-order valence-electron chi connectivity index (χ1n) is 7.23. The summed E-state index contributed by atoms with van der Waals surface area (Å²) in [6, 6.07) is 3.19. The van der Waals surface area contributed by atoms with Gasteiger partial charge in [-0.1, -0.05) is 6.92 Å². The molecule has 0 spiro atoms. The van der Waals surface area contributed by atoms with Gasteiger partial charge in [-0.05, 0) is 69.0 Å². The van der Waals surface area contributed by atoms with Crippen LogP contribution in [0.2, 0.25) is 0 Å². The van der Waals surface area contributed by atoms with Crippen molar-refractivity contribution in [2.45, 2.75) is 57.9 Å². The van der Waals surface area contributed by atoms with Gasteiger partial charge >= 0.3 is 0 Å². The van der Waals surface area contributed by atoms with Crippen molar-refractivity contribution in [2.75, 3.05) is 6.54 Å². The van der Waals surface area contributed by atoms with Crippen molar-refractivity contribution in [3.05, 3.63) is 21.4 Å². The average molecular weight is 249 g/mol. The maximum Gasteiger partial charge on any atom is 0.0443 e. The number of nitrogens with one attached hydrogen (secondary N) is 1. The molecule has 1 unspecified atom stereocenters. The molecule has 1 atom stereocenters. The Hall–Kier alpha value is -0.340. The lowest BCUT2D eigenvalue weighted by atomic mass is 9.98. The summed E-state index contributed by atoms with van der Waals surface area (Å²) < 4.78 is 0. The van der Waals surface area contributed by atoms with Gasteiger partial charge in [-0.25, -0.2) is 0 Å². The molecule has 1 aromatic heterocycles. The quantitative estimate of drug-likeness (QED) is 0.829. The fourth-order valence-corrected chi connectivity index (χ4v) is 4.32. The molecule has 94 valence electrons. The van der Waals surface area contributed by atoms with Crippen molar-refractivity contribution in [1.82, 2.24) is 5.32 Å². The third-order valence-electron chi connectivity index (χ3n) is 4.03. The van der Waals surface area contributed by atoms with Gasteiger partial charge in [0, 0.05) is 15.8 Å². The van der Waals surface area contributed by atoms with E-state index in [1.165, 1.54) is 51.5 Å². The Morgan fingerprint density at radius 2 is 2.18 bits per heavy atom. The van der Waals surface area contributed by atoms with Crippen molar-refractivity contribution in [1.29, 1.82) is 0 Å². The van der Waals surface area contributed by atoms with Crippen LogP contribution in [0.3, 0.4) is 0 Å². The lowest BCUT2D eigenvalue weighted by Gasteiger charge is -2.16. The molecule has 0 amide bonds. The highest BCUT2D eigenvalue weighted by Gasteiger charge is 2.33. The molecule has 1 N–H and O–H groups in total. The molecule has 2 aliphatic rings. The summed E-state index contributed by atoms with van der Waals surface area (Å²) in [5, 5.41) is 3.77. The van der Waals surface area contributed by atoms with E-state index in [2.05, 4.69) is 29.6 Å². The zero-order valence-corrected chi connectivity index (χ0v) is 11.6. The van der Waals surface area contributed by atoms with Gasteiger partial charge in [-0.15, -0.1) is 11.3 Å². The van der Waals surface area contributed by atoms with Gasteiger partial charge in [-0.3, -0.25) is 0 Å². The molecule has 1 fully saturated rings. The van der Waals surface area contributed by atoms with Gasteiger partial charge in [-0.2, -0.15) is 0 Å². The molecule has 3 rings (SSSR count). The van der Waals surface area contributed by atoms with Crippen molar-refractivity contribution in [2.24, 2.45) is 5.92 Å². The minimum atomic E-state index is 0.672. The minimum absolute atomic E-state index is 0.672. The van der Waals surface area contributed by atoms with Crippen molar-refractivity contribution in [3.8, 4) is 0 Å². The molecule has 17 heavy (non-hydrogen) atoms. The third kappa shape index (κ3) is 2.58. The Bertz CT molecular complexity index is 355. The van der Waals surface area contributed by atoms with Crippen LogP contribution in [0.4, 0.5) is 0 Å². The molecular weight excluding hydrogens is 226 g/mol. The molecule has 0 bridgehead atoms. The largest absolute Gasteiger partial charge is 0.309 e. The smallest absolute Gasteiger partial charge is 0.0443 e. The van der Waals surface area contributed by atoms with Crippen LogP contribution in [0.1, 0.15) is 60.4 Å². The van der Waals surface area contributed by atoms with Crippen LogP contribution in [-0.2, 0) is 12.8 Å². The molecule has 0 radical (unpaired) electrons. The fraction of sp³-hybridized carbons (Fsp3) is 0.733. The predicted octanol–water partition coefficient (Wildman–Crippen LogP) is 4.08. The van der Waals surface area contributed by atoms with Gasteiger partial charge in [0.15, 0.2) is 0 Å². The van der Waals surface area contributed by atoms with Crippen LogP contribution in [-0.4, -0.2) is 6.54 Å². The minimum Gasteiger partial charge on any atom is -0.309 e. The van der Waals surface area contributed by atoms with E-state index in [9.17, 15) is 0 Å². The summed E-state index contributed by atoms with van der Waals surface area (Å²) in [6.07, 6.45) is 9.59. The molecule has 0 saturated heterocycles. The van der Waals surface area contributed by atoms with Crippen LogP contribution in [0, 0.1) is 5.92 Å². The van der Waals surface area contributed by atoms with E-state index in [-0.39, 0.29) is 0 Å². The molecule has 0 aliphatic heterocycles. The second kappa shape index (κ2) is 5.11. The van der Waals surface area contributed by atoms with Crippen molar-refractivity contribution >= 4 is 11.3 Å². The molecule has 1 nitrogen and oxygen atoms in total. The van der Waals surface area contributed by atoms with Gasteiger partial charge < -0.3 is 5.32 Å². The van der Waals surface area contributed by atoms with Gasteiger partial charge in [0.05, 0.1) is 0 Å². The first kappa shape index (κ1) is 11.7. The predicted molar refractivity (Wildman–Crippen MR) is 74.7 cm³/mol. The zero-order chi connectivity index (χ0) is 11.7. The Labute approximate surface area is 109 Å². The molecule has 1 saturated carbocycles. The van der Waals surface area contributed by atoms with Crippen LogP contribution >= 0.6 is 11.3 Å². The molecule has 1 aromatic rings. The number of rotatable bonds is 5. The number of fused-ring (bicyclic) bond motifs is 1. The maximum atomic E-state index is 3.77. The van der Waals surface area contributed by atoms with E-state index in [0.717, 1.165) is 5.92 Å². The van der Waals surface area contributed by atoms with E-state index in [1.807, 2.05) is 0 Å². The molecule has 2 aliphatic carbocycles. The summed E-state index contributed by atoms with van der Waals surface area (Å²) in [5.74, 6) is 0.932. The zero-order valence-electron chi connectivity index (χ0n) is 10.8. The second-order valence-corrected chi connectivity index (χ2v) is 6.74. The Morgan fingerprint density at radius 1 is 1.35 bits per heavy atom. The highest BCUT2D eigenvalue weighted by molar-refractivity contribution is 7.12. The van der Waals surface area contributed by atoms with Gasteiger partial charge in [0.2, 0.25) is 0 Å². The Kier molecular flexibility index (Phi) is 3.53. The van der Waals surface area contributed by atoms with Crippen LogP contribution in [0.25, 0.3) is 0 Å². The van der Waals surface area contributed by atoms with Crippen LogP contribution in [0.5, 0.6) is 0 Å². The van der Waals surface area contributed by atoms with E-state index in [0.29, 0.717) is 6.04 Å². The standard InChI is InChI=1S/C15H23NS/c1-2-9-16-15(11-7-8-11)14-10-12-5-3-4-6-13(12)17-14/h10-11,15-16H,2-9H2,1H3. The first-order chi connectivity index (χ1) is 8.38. The Balaban J connectivity index is 1.77. The lowest BCUT2D eigenvalue weighted by Crippen LogP contribution is -2.22. The highest BCUT2D eigenvalue weighted by atomic mass is 32.1. The van der Waals surface area contributed by atoms with Gasteiger partial charge in [0.25, 0.3) is 0 Å². The number of hydrogen-bond donors (Lipinski definition) is 1. The monoisotopic (exact) mass is 249 g/mol. The number of aryl methyl sites for hydroxylation is 2. The molecule has 1 heterocycles. The van der Waals surface area contributed by atoms with E-state index in [4.69, 9.17) is 0 Å². The fourth-order valence-electron chi connectivity index (χ4n) is 2.90. The molecule has 0 aromatic carbocycles. The normalized spacial score (nSPS) is 21.2. The molecule has 2 heteroatoms. The summed E-state index contributed by atoms with van der Waals surface area (Å²) in [5.41, 5.74) is 1.67. The SMILES string of the molecule is CCCNC(c1cc2c(s1)CCCC2)C1CC1. The maximum absolute atomic E-state index is 3.77. The summed E-state index contributed by atoms with van der Waals surface area (Å²) in [4.78, 5) is 3.32. The second-order valence-electron chi connectivity index (χ2n) is 5.57. The van der Waals surface area contributed by atoms with Crippen LogP contribution in [0.15, 0.2) is 6.07 Å². The van der Waals surface area contributed by atoms with Crippen LogP contribution < -0.4 is 5.32 Å². The summed E-state index contributed by atoms with van der Waals surface area (Å²) >= 11 is 2.10. The van der Waals surface area contributed by atoms with Crippen molar-refractivity contribution < 1.29 is 0 Å². The van der Waals surface area contributed by atoms with E-state index < -0.39 is 0 Å². The lowest BCUT2D eigenvalue weighted by molar-refractivity contribution is 0.488. The summed E-state index contributed by atoms with van der Waals surface area (Å²) in [6.45, 7) is 3.43. The van der Waals surface area contributed by atoms with Crippen molar-refractivity contribution in [3.63, 3.8) is 0 Å². The number of hydrogen-bond acceptors (Lipinski definition) is 2. The number of thiophene rings is 1. The molecular formula is C15H23NS. The first-order valence-corrected chi connectivity index (χ1v) is 8.05. The average Bonchev–Trinajstić information content (AvgIpc) is 3.09.